The molecule has 1 N–H and O–H groups in total. The third kappa shape index (κ3) is 5.07. The van der Waals surface area contributed by atoms with E-state index in [0.717, 1.165) is 24.4 Å². The van der Waals surface area contributed by atoms with Gasteiger partial charge in [-0.15, -0.1) is 0 Å². The molecule has 112 valence electrons. The SMILES string of the molecule is CC(C)CC(C)OC1(CNC2CC2)CCCC(C)C1. The molecule has 0 amide bonds. The molecule has 3 atom stereocenters. The zero-order valence-corrected chi connectivity index (χ0v) is 13.4. The second kappa shape index (κ2) is 6.58. The fraction of sp³-hybridized carbons (Fsp3) is 1.00. The fourth-order valence-electron chi connectivity index (χ4n) is 3.68. The van der Waals surface area contributed by atoms with E-state index in [1.165, 1.54) is 44.9 Å². The van der Waals surface area contributed by atoms with E-state index in [0.29, 0.717) is 6.10 Å². The maximum Gasteiger partial charge on any atom is 0.0812 e. The molecule has 0 aromatic carbocycles. The predicted octanol–water partition coefficient (Wildman–Crippen LogP) is 4.14. The van der Waals surface area contributed by atoms with Crippen LogP contribution in [-0.4, -0.2) is 24.3 Å². The third-order valence-corrected chi connectivity index (χ3v) is 4.59. The summed E-state index contributed by atoms with van der Waals surface area (Å²) in [6.45, 7) is 10.3. The maximum absolute atomic E-state index is 6.58. The molecule has 0 heterocycles. The molecule has 0 aliphatic heterocycles. The van der Waals surface area contributed by atoms with Crippen molar-refractivity contribution < 1.29 is 4.74 Å². The highest BCUT2D eigenvalue weighted by molar-refractivity contribution is 4.93. The number of hydrogen-bond donors (Lipinski definition) is 1. The first-order valence-electron chi connectivity index (χ1n) is 8.40. The summed E-state index contributed by atoms with van der Waals surface area (Å²) < 4.78 is 6.58. The summed E-state index contributed by atoms with van der Waals surface area (Å²) in [5.41, 5.74) is 0.120. The Morgan fingerprint density at radius 3 is 2.53 bits per heavy atom. The number of rotatable bonds is 7. The van der Waals surface area contributed by atoms with Crippen molar-refractivity contribution in [1.29, 1.82) is 0 Å². The van der Waals surface area contributed by atoms with Gasteiger partial charge in [-0.1, -0.05) is 33.6 Å². The second-order valence-corrected chi connectivity index (χ2v) is 7.60. The van der Waals surface area contributed by atoms with Crippen LogP contribution in [0.1, 0.15) is 72.6 Å². The second-order valence-electron chi connectivity index (χ2n) is 7.60. The van der Waals surface area contributed by atoms with Gasteiger partial charge >= 0.3 is 0 Å². The average Bonchev–Trinajstić information content (AvgIpc) is 3.08. The minimum absolute atomic E-state index is 0.120. The third-order valence-electron chi connectivity index (χ3n) is 4.59. The molecule has 2 nitrogen and oxygen atoms in total. The van der Waals surface area contributed by atoms with Gasteiger partial charge in [-0.25, -0.2) is 0 Å². The molecule has 2 rings (SSSR count). The molecule has 3 unspecified atom stereocenters. The van der Waals surface area contributed by atoms with Crippen LogP contribution in [0.2, 0.25) is 0 Å². The zero-order valence-electron chi connectivity index (χ0n) is 13.4. The Kier molecular flexibility index (Phi) is 5.30. The summed E-state index contributed by atoms with van der Waals surface area (Å²) in [5, 5.41) is 3.72. The monoisotopic (exact) mass is 267 g/mol. The van der Waals surface area contributed by atoms with Gasteiger partial charge in [0.15, 0.2) is 0 Å². The first-order valence-corrected chi connectivity index (χ1v) is 8.40. The highest BCUT2D eigenvalue weighted by atomic mass is 16.5. The predicted molar refractivity (Wildman–Crippen MR) is 81.4 cm³/mol. The minimum Gasteiger partial charge on any atom is -0.371 e. The Morgan fingerprint density at radius 1 is 1.21 bits per heavy atom. The van der Waals surface area contributed by atoms with Gasteiger partial charge < -0.3 is 10.1 Å². The van der Waals surface area contributed by atoms with Gasteiger partial charge in [-0.05, 0) is 50.9 Å². The van der Waals surface area contributed by atoms with E-state index in [2.05, 4.69) is 33.0 Å². The van der Waals surface area contributed by atoms with Gasteiger partial charge in [0.25, 0.3) is 0 Å². The number of nitrogens with one attached hydrogen (secondary N) is 1. The summed E-state index contributed by atoms with van der Waals surface area (Å²) in [7, 11) is 0. The Bertz CT molecular complexity index is 274. The highest BCUT2D eigenvalue weighted by Gasteiger charge is 2.38. The van der Waals surface area contributed by atoms with Crippen LogP contribution in [0.5, 0.6) is 0 Å². The molecule has 2 heteroatoms. The van der Waals surface area contributed by atoms with Crippen molar-refractivity contribution in [2.45, 2.75) is 90.4 Å². The molecule has 2 saturated carbocycles. The molecule has 0 radical (unpaired) electrons. The van der Waals surface area contributed by atoms with Gasteiger partial charge in [0, 0.05) is 12.6 Å². The molecule has 0 aromatic rings. The van der Waals surface area contributed by atoms with E-state index in [-0.39, 0.29) is 5.60 Å². The van der Waals surface area contributed by atoms with Crippen LogP contribution < -0.4 is 5.32 Å². The normalized spacial score (nSPS) is 33.6. The number of ether oxygens (including phenoxy) is 1. The van der Waals surface area contributed by atoms with E-state index in [1.807, 2.05) is 0 Å². The van der Waals surface area contributed by atoms with Crippen LogP contribution in [0.15, 0.2) is 0 Å². The van der Waals surface area contributed by atoms with Crippen LogP contribution >= 0.6 is 0 Å². The Morgan fingerprint density at radius 2 is 1.95 bits per heavy atom. The standard InChI is InChI=1S/C17H33NO/c1-13(2)10-15(4)19-17(12-18-16-7-8-16)9-5-6-14(3)11-17/h13-16,18H,5-12H2,1-4H3. The van der Waals surface area contributed by atoms with Crippen molar-refractivity contribution in [3.05, 3.63) is 0 Å². The van der Waals surface area contributed by atoms with Gasteiger partial charge in [-0.2, -0.15) is 0 Å². The number of hydrogen-bond acceptors (Lipinski definition) is 2. The van der Waals surface area contributed by atoms with Gasteiger partial charge in [0.05, 0.1) is 11.7 Å². The fourth-order valence-corrected chi connectivity index (χ4v) is 3.68. The lowest BCUT2D eigenvalue weighted by Crippen LogP contribution is -2.48. The van der Waals surface area contributed by atoms with Crippen LogP contribution in [0.25, 0.3) is 0 Å². The largest absolute Gasteiger partial charge is 0.371 e. The minimum atomic E-state index is 0.120. The highest BCUT2D eigenvalue weighted by Crippen LogP contribution is 2.37. The quantitative estimate of drug-likeness (QED) is 0.748. The average molecular weight is 267 g/mol. The lowest BCUT2D eigenvalue weighted by molar-refractivity contribution is -0.119. The Hall–Kier alpha value is -0.0800. The summed E-state index contributed by atoms with van der Waals surface area (Å²) in [6.07, 6.45) is 9.52. The van der Waals surface area contributed by atoms with Crippen molar-refractivity contribution in [1.82, 2.24) is 5.32 Å². The molecule has 2 fully saturated rings. The molecular formula is C17H33NO. The summed E-state index contributed by atoms with van der Waals surface area (Å²) in [6, 6.07) is 0.790. The van der Waals surface area contributed by atoms with Crippen molar-refractivity contribution in [3.63, 3.8) is 0 Å². The van der Waals surface area contributed by atoms with Crippen LogP contribution in [-0.2, 0) is 4.74 Å². The Labute approximate surface area is 119 Å². The van der Waals surface area contributed by atoms with Gasteiger partial charge in [0.2, 0.25) is 0 Å². The Balaban J connectivity index is 1.91. The maximum atomic E-state index is 6.58. The van der Waals surface area contributed by atoms with E-state index in [9.17, 15) is 0 Å². The van der Waals surface area contributed by atoms with Crippen molar-refractivity contribution in [2.75, 3.05) is 6.54 Å². The molecule has 0 bridgehead atoms. The first kappa shape index (κ1) is 15.3. The lowest BCUT2D eigenvalue weighted by atomic mass is 9.78. The molecule has 19 heavy (non-hydrogen) atoms. The van der Waals surface area contributed by atoms with Crippen LogP contribution in [0, 0.1) is 11.8 Å². The van der Waals surface area contributed by atoms with Crippen LogP contribution in [0.3, 0.4) is 0 Å². The van der Waals surface area contributed by atoms with Gasteiger partial charge in [-0.3, -0.25) is 0 Å². The summed E-state index contributed by atoms with van der Waals surface area (Å²) in [5.74, 6) is 1.55. The molecule has 0 spiro atoms. The van der Waals surface area contributed by atoms with Crippen molar-refractivity contribution in [3.8, 4) is 0 Å². The van der Waals surface area contributed by atoms with Crippen molar-refractivity contribution >= 4 is 0 Å². The van der Waals surface area contributed by atoms with Crippen LogP contribution in [0.4, 0.5) is 0 Å². The smallest absolute Gasteiger partial charge is 0.0812 e. The first-order chi connectivity index (χ1) is 8.99. The molecular weight excluding hydrogens is 234 g/mol. The lowest BCUT2D eigenvalue weighted by Gasteiger charge is -2.42. The molecule has 2 aliphatic rings. The molecule has 2 aliphatic carbocycles. The van der Waals surface area contributed by atoms with E-state index < -0.39 is 0 Å². The van der Waals surface area contributed by atoms with Crippen molar-refractivity contribution in [2.24, 2.45) is 11.8 Å². The molecule has 0 aromatic heterocycles. The van der Waals surface area contributed by atoms with E-state index >= 15 is 0 Å². The molecule has 0 saturated heterocycles. The van der Waals surface area contributed by atoms with Gasteiger partial charge in [0.1, 0.15) is 0 Å². The van der Waals surface area contributed by atoms with E-state index in [4.69, 9.17) is 4.74 Å². The van der Waals surface area contributed by atoms with E-state index in [1.54, 1.807) is 0 Å². The summed E-state index contributed by atoms with van der Waals surface area (Å²) >= 11 is 0. The zero-order chi connectivity index (χ0) is 13.9. The summed E-state index contributed by atoms with van der Waals surface area (Å²) in [4.78, 5) is 0. The topological polar surface area (TPSA) is 21.3 Å².